The molecule has 1 aromatic carbocycles. The zero-order valence-corrected chi connectivity index (χ0v) is 14.6. The minimum absolute atomic E-state index is 0.264. The van der Waals surface area contributed by atoms with Crippen LogP contribution in [0.3, 0.4) is 0 Å². The maximum Gasteiger partial charge on any atom is 0.146 e. The van der Waals surface area contributed by atoms with Crippen molar-refractivity contribution in [3.63, 3.8) is 0 Å². The van der Waals surface area contributed by atoms with E-state index in [2.05, 4.69) is 31.1 Å². The fraction of sp³-hybridized carbons (Fsp3) is 0.421. The van der Waals surface area contributed by atoms with Crippen molar-refractivity contribution < 1.29 is 4.39 Å². The van der Waals surface area contributed by atoms with Gasteiger partial charge in [0.25, 0.3) is 0 Å². The monoisotopic (exact) mass is 315 g/mol. The smallest absolute Gasteiger partial charge is 0.146 e. The minimum atomic E-state index is -0.264. The lowest BCUT2D eigenvalue weighted by molar-refractivity contribution is 0.418. The van der Waals surface area contributed by atoms with Gasteiger partial charge in [-0.15, -0.1) is 0 Å². The molecule has 0 bridgehead atoms. The summed E-state index contributed by atoms with van der Waals surface area (Å²) in [6.07, 6.45) is 0. The quantitative estimate of drug-likeness (QED) is 0.870. The van der Waals surface area contributed by atoms with Crippen LogP contribution in [0.25, 0.3) is 11.3 Å². The van der Waals surface area contributed by atoms with E-state index in [4.69, 9.17) is 0 Å². The lowest BCUT2D eigenvalue weighted by Crippen LogP contribution is -2.30. The molecule has 0 radical (unpaired) electrons. The van der Waals surface area contributed by atoms with Crippen molar-refractivity contribution in [1.82, 2.24) is 10.3 Å². The van der Waals surface area contributed by atoms with Crippen molar-refractivity contribution in [2.45, 2.75) is 33.4 Å². The molecule has 124 valence electrons. The van der Waals surface area contributed by atoms with Gasteiger partial charge in [-0.3, -0.25) is 0 Å². The van der Waals surface area contributed by atoms with Gasteiger partial charge in [-0.2, -0.15) is 0 Å². The summed E-state index contributed by atoms with van der Waals surface area (Å²) in [4.78, 5) is 6.59. The molecular weight excluding hydrogens is 289 g/mol. The Morgan fingerprint density at radius 1 is 1.09 bits per heavy atom. The molecule has 0 aliphatic rings. The maximum atomic E-state index is 14.1. The molecular formula is C19H26FN3. The van der Waals surface area contributed by atoms with Gasteiger partial charge in [0, 0.05) is 37.9 Å². The van der Waals surface area contributed by atoms with Gasteiger partial charge in [0.2, 0.25) is 0 Å². The van der Waals surface area contributed by atoms with E-state index in [0.29, 0.717) is 24.2 Å². The number of halogens is 1. The van der Waals surface area contributed by atoms with Crippen LogP contribution in [-0.2, 0) is 6.54 Å². The molecule has 4 heteroatoms. The van der Waals surface area contributed by atoms with E-state index in [1.54, 1.807) is 6.07 Å². The summed E-state index contributed by atoms with van der Waals surface area (Å²) in [5.41, 5.74) is 3.34. The van der Waals surface area contributed by atoms with Crippen LogP contribution in [0.1, 0.15) is 26.5 Å². The van der Waals surface area contributed by atoms with Gasteiger partial charge in [-0.1, -0.05) is 32.0 Å². The second kappa shape index (κ2) is 7.55. The highest BCUT2D eigenvalue weighted by atomic mass is 19.1. The molecule has 0 saturated carbocycles. The van der Waals surface area contributed by atoms with Crippen LogP contribution in [-0.4, -0.2) is 25.1 Å². The standard InChI is InChI=1S/C19H26FN3/c1-13(2)14(3)21-12-18-16(20)10-11-17(22-18)15-8-6-7-9-19(15)23(4)5/h6-11,13-14,21H,12H2,1-5H3/t14-/m1/s1. The van der Waals surface area contributed by atoms with Crippen LogP contribution >= 0.6 is 0 Å². The summed E-state index contributed by atoms with van der Waals surface area (Å²) < 4.78 is 14.1. The Morgan fingerprint density at radius 3 is 2.43 bits per heavy atom. The fourth-order valence-corrected chi connectivity index (χ4v) is 2.33. The van der Waals surface area contributed by atoms with Crippen LogP contribution < -0.4 is 10.2 Å². The van der Waals surface area contributed by atoms with E-state index in [1.165, 1.54) is 6.07 Å². The van der Waals surface area contributed by atoms with Crippen molar-refractivity contribution in [2.75, 3.05) is 19.0 Å². The lowest BCUT2D eigenvalue weighted by atomic mass is 10.1. The Balaban J connectivity index is 2.30. The predicted molar refractivity (Wildman–Crippen MR) is 95.1 cm³/mol. The number of para-hydroxylation sites is 1. The molecule has 1 heterocycles. The molecule has 0 aliphatic heterocycles. The topological polar surface area (TPSA) is 28.2 Å². The molecule has 0 amide bonds. The van der Waals surface area contributed by atoms with Gasteiger partial charge in [0.15, 0.2) is 0 Å². The van der Waals surface area contributed by atoms with Crippen LogP contribution in [0.4, 0.5) is 10.1 Å². The second-order valence-corrected chi connectivity index (χ2v) is 6.45. The second-order valence-electron chi connectivity index (χ2n) is 6.45. The van der Waals surface area contributed by atoms with Crippen molar-refractivity contribution in [3.8, 4) is 11.3 Å². The number of rotatable bonds is 6. The van der Waals surface area contributed by atoms with Crippen LogP contribution in [0.2, 0.25) is 0 Å². The molecule has 0 unspecified atom stereocenters. The zero-order valence-electron chi connectivity index (χ0n) is 14.6. The third kappa shape index (κ3) is 4.29. The highest BCUT2D eigenvalue weighted by molar-refractivity contribution is 5.76. The van der Waals surface area contributed by atoms with E-state index < -0.39 is 0 Å². The first-order valence-corrected chi connectivity index (χ1v) is 8.05. The normalized spacial score (nSPS) is 12.5. The summed E-state index contributed by atoms with van der Waals surface area (Å²) >= 11 is 0. The molecule has 2 aromatic rings. The van der Waals surface area contributed by atoms with Crippen LogP contribution in [0.15, 0.2) is 36.4 Å². The molecule has 0 fully saturated rings. The number of aromatic nitrogens is 1. The van der Waals surface area contributed by atoms with Crippen molar-refractivity contribution in [1.29, 1.82) is 0 Å². The summed E-state index contributed by atoms with van der Waals surface area (Å²) in [7, 11) is 3.99. The van der Waals surface area contributed by atoms with E-state index in [1.807, 2.05) is 43.3 Å². The average Bonchev–Trinajstić information content (AvgIpc) is 2.53. The largest absolute Gasteiger partial charge is 0.377 e. The van der Waals surface area contributed by atoms with Crippen molar-refractivity contribution in [2.24, 2.45) is 5.92 Å². The van der Waals surface area contributed by atoms with E-state index in [9.17, 15) is 4.39 Å². The van der Waals surface area contributed by atoms with Crippen LogP contribution in [0.5, 0.6) is 0 Å². The van der Waals surface area contributed by atoms with Gasteiger partial charge in [-0.05, 0) is 31.0 Å². The Hall–Kier alpha value is -1.94. The number of nitrogens with one attached hydrogen (secondary N) is 1. The Kier molecular flexibility index (Phi) is 5.72. The Labute approximate surface area is 138 Å². The number of nitrogens with zero attached hydrogens (tertiary/aromatic N) is 2. The summed E-state index contributed by atoms with van der Waals surface area (Å²) in [6.45, 7) is 6.83. The summed E-state index contributed by atoms with van der Waals surface area (Å²) in [5.74, 6) is 0.232. The average molecular weight is 315 g/mol. The maximum absolute atomic E-state index is 14.1. The molecule has 1 atom stereocenters. The lowest BCUT2D eigenvalue weighted by Gasteiger charge is -2.19. The molecule has 0 spiro atoms. The van der Waals surface area contributed by atoms with Gasteiger partial charge >= 0.3 is 0 Å². The molecule has 3 nitrogen and oxygen atoms in total. The first-order valence-electron chi connectivity index (χ1n) is 8.05. The third-order valence-corrected chi connectivity index (χ3v) is 4.17. The highest BCUT2D eigenvalue weighted by Gasteiger charge is 2.13. The number of benzene rings is 1. The van der Waals surface area contributed by atoms with Crippen molar-refractivity contribution >= 4 is 5.69 Å². The van der Waals surface area contributed by atoms with E-state index in [-0.39, 0.29) is 5.82 Å². The summed E-state index contributed by atoms with van der Waals surface area (Å²) in [6, 6.07) is 11.6. The molecule has 1 N–H and O–H groups in total. The Morgan fingerprint density at radius 2 is 1.78 bits per heavy atom. The Bertz CT molecular complexity index is 653. The first kappa shape index (κ1) is 17.4. The fourth-order valence-electron chi connectivity index (χ4n) is 2.33. The number of anilines is 1. The predicted octanol–water partition coefficient (Wildman–Crippen LogP) is 4.09. The molecule has 2 rings (SSSR count). The van der Waals surface area contributed by atoms with E-state index >= 15 is 0 Å². The van der Waals surface area contributed by atoms with Gasteiger partial charge < -0.3 is 10.2 Å². The molecule has 0 saturated heterocycles. The van der Waals surface area contributed by atoms with Gasteiger partial charge in [0.05, 0.1) is 11.4 Å². The highest BCUT2D eigenvalue weighted by Crippen LogP contribution is 2.28. The third-order valence-electron chi connectivity index (χ3n) is 4.17. The minimum Gasteiger partial charge on any atom is -0.377 e. The summed E-state index contributed by atoms with van der Waals surface area (Å²) in [5, 5.41) is 3.34. The van der Waals surface area contributed by atoms with Gasteiger partial charge in [-0.25, -0.2) is 9.37 Å². The van der Waals surface area contributed by atoms with Crippen molar-refractivity contribution in [3.05, 3.63) is 47.9 Å². The number of hydrogen-bond donors (Lipinski definition) is 1. The number of hydrogen-bond acceptors (Lipinski definition) is 3. The van der Waals surface area contributed by atoms with Gasteiger partial charge in [0.1, 0.15) is 5.82 Å². The van der Waals surface area contributed by atoms with Crippen LogP contribution in [0, 0.1) is 11.7 Å². The first-order chi connectivity index (χ1) is 10.9. The molecule has 1 aromatic heterocycles. The molecule has 23 heavy (non-hydrogen) atoms. The van der Waals surface area contributed by atoms with E-state index in [0.717, 1.165) is 16.9 Å². The number of pyridine rings is 1. The zero-order chi connectivity index (χ0) is 17.0. The molecule has 0 aliphatic carbocycles. The SMILES string of the molecule is CC(C)[C@@H](C)NCc1nc(-c2ccccc2N(C)C)ccc1F.